The lowest BCUT2D eigenvalue weighted by Crippen LogP contribution is -1.56. The van der Waals surface area contributed by atoms with E-state index in [1.54, 1.807) is 12.3 Å². The van der Waals surface area contributed by atoms with Crippen molar-refractivity contribution in [1.29, 1.82) is 0 Å². The lowest BCUT2D eigenvalue weighted by Gasteiger charge is -1.76. The molecule has 0 aliphatic heterocycles. The van der Waals surface area contributed by atoms with Crippen LogP contribution in [0.2, 0.25) is 0 Å². The molecule has 0 saturated carbocycles. The molecule has 0 aromatic carbocycles. The highest BCUT2D eigenvalue weighted by molar-refractivity contribution is 5.26. The predicted octanol–water partition coefficient (Wildman–Crippen LogP) is 3.83. The molecule has 0 rings (SSSR count). The normalized spacial score (nSPS) is 7.00. The zero-order valence-electron chi connectivity index (χ0n) is 8.52. The first kappa shape index (κ1) is 16.6. The Kier molecular flexibility index (Phi) is 34.6. The molecular weight excluding hydrogens is 134 g/mol. The zero-order valence-corrected chi connectivity index (χ0v) is 8.52. The summed E-state index contributed by atoms with van der Waals surface area (Å²) < 4.78 is 0. The molecule has 0 unspecified atom stereocenters. The molecule has 0 N–H and O–H groups in total. The van der Waals surface area contributed by atoms with Gasteiger partial charge < -0.3 is 0 Å². The summed E-state index contributed by atoms with van der Waals surface area (Å²) in [6, 6.07) is 0. The fourth-order valence-corrected chi connectivity index (χ4v) is 0.180. The Balaban J connectivity index is -0.000000138. The Morgan fingerprint density at radius 3 is 1.64 bits per heavy atom. The fourth-order valence-electron chi connectivity index (χ4n) is 0.180. The van der Waals surface area contributed by atoms with E-state index in [1.165, 1.54) is 0 Å². The van der Waals surface area contributed by atoms with E-state index in [9.17, 15) is 0 Å². The van der Waals surface area contributed by atoms with E-state index < -0.39 is 0 Å². The first-order chi connectivity index (χ1) is 5.27. The molecule has 0 spiro atoms. The van der Waals surface area contributed by atoms with Crippen LogP contribution in [0.5, 0.6) is 0 Å². The van der Waals surface area contributed by atoms with Gasteiger partial charge in [-0.05, 0) is 19.7 Å². The van der Waals surface area contributed by atoms with Crippen LogP contribution < -0.4 is 0 Å². The molecule has 0 aliphatic rings. The Morgan fingerprint density at radius 2 is 1.55 bits per heavy atom. The van der Waals surface area contributed by atoms with Crippen LogP contribution in [-0.4, -0.2) is 6.72 Å². The quantitative estimate of drug-likeness (QED) is 0.424. The monoisotopic (exact) mass is 155 g/mol. The molecule has 1 nitrogen and oxygen atoms in total. The molecule has 0 aromatic rings. The first-order valence-electron chi connectivity index (χ1n) is 4.05. The van der Waals surface area contributed by atoms with E-state index in [4.69, 9.17) is 0 Å². The van der Waals surface area contributed by atoms with Crippen LogP contribution >= 0.6 is 0 Å². The minimum Gasteiger partial charge on any atom is -0.273 e. The van der Waals surface area contributed by atoms with E-state index in [1.807, 2.05) is 34.6 Å². The van der Waals surface area contributed by atoms with Gasteiger partial charge in [-0.1, -0.05) is 39.8 Å². The number of aliphatic imine (C=N–C) groups is 1. The van der Waals surface area contributed by atoms with Crippen LogP contribution in [-0.2, 0) is 0 Å². The third-order valence-electron chi connectivity index (χ3n) is 0.464. The predicted molar refractivity (Wildman–Crippen MR) is 56.2 cm³/mol. The lowest BCUT2D eigenvalue weighted by atomic mass is 10.3. The summed E-state index contributed by atoms with van der Waals surface area (Å²) in [5, 5.41) is 0. The number of hydrogen-bond donors (Lipinski definition) is 0. The van der Waals surface area contributed by atoms with Crippen LogP contribution in [0.15, 0.2) is 29.4 Å². The molecule has 0 heterocycles. The first-order valence-corrected chi connectivity index (χ1v) is 4.05. The van der Waals surface area contributed by atoms with E-state index >= 15 is 0 Å². The maximum Gasteiger partial charge on any atom is 0.0262 e. The summed E-state index contributed by atoms with van der Waals surface area (Å²) in [4.78, 5) is 3.48. The van der Waals surface area contributed by atoms with E-state index in [0.717, 1.165) is 5.57 Å². The Morgan fingerprint density at radius 1 is 1.18 bits per heavy atom. The molecule has 11 heavy (non-hydrogen) atoms. The van der Waals surface area contributed by atoms with Gasteiger partial charge in [-0.15, -0.1) is 0 Å². The summed E-state index contributed by atoms with van der Waals surface area (Å²) in [6.07, 6.45) is 3.41. The van der Waals surface area contributed by atoms with Crippen LogP contribution in [0.3, 0.4) is 0 Å². The Hall–Kier alpha value is -0.850. The van der Waals surface area contributed by atoms with Crippen molar-refractivity contribution >= 4 is 6.72 Å². The van der Waals surface area contributed by atoms with Crippen LogP contribution in [0.25, 0.3) is 0 Å². The second kappa shape index (κ2) is 22.9. The molecule has 66 valence electrons. The third-order valence-corrected chi connectivity index (χ3v) is 0.464. The molecule has 0 fully saturated rings. The highest BCUT2D eigenvalue weighted by Crippen LogP contribution is 1.86. The van der Waals surface area contributed by atoms with Crippen molar-refractivity contribution in [3.05, 3.63) is 24.4 Å². The van der Waals surface area contributed by atoms with Crippen molar-refractivity contribution in [2.75, 3.05) is 0 Å². The van der Waals surface area contributed by atoms with Crippen molar-refractivity contribution < 1.29 is 0 Å². The van der Waals surface area contributed by atoms with Gasteiger partial charge in [-0.3, -0.25) is 4.99 Å². The Labute approximate surface area is 71.6 Å². The van der Waals surface area contributed by atoms with Crippen LogP contribution in [0.4, 0.5) is 0 Å². The Bertz CT molecular complexity index is 101. The lowest BCUT2D eigenvalue weighted by molar-refractivity contribution is 1.50. The standard InChI is InChI=1S/C6H9N.2C2H6/c1-6(2)4-5-7-3;2*1-2/h4-5H,1,3H2,2H3;2*1-2H3/b5-4-;;. The number of allylic oxidation sites excluding steroid dienone is 2. The van der Waals surface area contributed by atoms with Crippen molar-refractivity contribution in [1.82, 2.24) is 0 Å². The number of hydrogen-bond acceptors (Lipinski definition) is 1. The van der Waals surface area contributed by atoms with Gasteiger partial charge in [0, 0.05) is 6.20 Å². The van der Waals surface area contributed by atoms with Crippen LogP contribution in [0, 0.1) is 0 Å². The second-order valence-electron chi connectivity index (χ2n) is 1.34. The van der Waals surface area contributed by atoms with Gasteiger partial charge in [-0.25, -0.2) is 0 Å². The van der Waals surface area contributed by atoms with Gasteiger partial charge in [0.1, 0.15) is 0 Å². The van der Waals surface area contributed by atoms with Gasteiger partial charge in [0.2, 0.25) is 0 Å². The minimum atomic E-state index is 0.993. The van der Waals surface area contributed by atoms with Crippen molar-refractivity contribution in [3.63, 3.8) is 0 Å². The smallest absolute Gasteiger partial charge is 0.0262 e. The van der Waals surface area contributed by atoms with E-state index in [-0.39, 0.29) is 0 Å². The van der Waals surface area contributed by atoms with Gasteiger partial charge in [-0.2, -0.15) is 0 Å². The summed E-state index contributed by atoms with van der Waals surface area (Å²) in [6.45, 7) is 16.8. The molecule has 0 bridgehead atoms. The molecule has 0 radical (unpaired) electrons. The topological polar surface area (TPSA) is 12.4 Å². The van der Waals surface area contributed by atoms with Gasteiger partial charge >= 0.3 is 0 Å². The fraction of sp³-hybridized carbons (Fsp3) is 0.500. The molecule has 0 aromatic heterocycles. The average Bonchev–Trinajstić information content (AvgIpc) is 2.08. The average molecular weight is 155 g/mol. The number of rotatable bonds is 2. The maximum absolute atomic E-state index is 3.62. The maximum atomic E-state index is 3.62. The molecule has 0 saturated heterocycles. The van der Waals surface area contributed by atoms with Crippen LogP contribution in [0.1, 0.15) is 34.6 Å². The SMILES string of the molecule is C=N/C=C\C(=C)C.CC.CC. The van der Waals surface area contributed by atoms with Crippen molar-refractivity contribution in [3.8, 4) is 0 Å². The minimum absolute atomic E-state index is 0.993. The van der Waals surface area contributed by atoms with Gasteiger partial charge in [0.15, 0.2) is 0 Å². The highest BCUT2D eigenvalue weighted by atomic mass is 14.6. The second-order valence-corrected chi connectivity index (χ2v) is 1.34. The molecule has 0 aliphatic carbocycles. The van der Waals surface area contributed by atoms with Crippen molar-refractivity contribution in [2.45, 2.75) is 34.6 Å². The molecule has 1 heteroatoms. The molecular formula is C10H21N. The summed E-state index contributed by atoms with van der Waals surface area (Å²) >= 11 is 0. The molecule has 0 amide bonds. The van der Waals surface area contributed by atoms with E-state index in [2.05, 4.69) is 18.3 Å². The largest absolute Gasteiger partial charge is 0.273 e. The third kappa shape index (κ3) is 47.1. The zero-order chi connectivity index (χ0) is 9.70. The molecule has 0 atom stereocenters. The van der Waals surface area contributed by atoms with E-state index in [0.29, 0.717) is 0 Å². The highest BCUT2D eigenvalue weighted by Gasteiger charge is 1.66. The summed E-state index contributed by atoms with van der Waals surface area (Å²) in [5.74, 6) is 0. The van der Waals surface area contributed by atoms with Crippen molar-refractivity contribution in [2.24, 2.45) is 4.99 Å². The summed E-state index contributed by atoms with van der Waals surface area (Å²) in [5.41, 5.74) is 0.993. The van der Waals surface area contributed by atoms with Gasteiger partial charge in [0.25, 0.3) is 0 Å². The van der Waals surface area contributed by atoms with Gasteiger partial charge in [0.05, 0.1) is 0 Å². The number of nitrogens with zero attached hydrogens (tertiary/aromatic N) is 1. The summed E-state index contributed by atoms with van der Waals surface area (Å²) in [7, 11) is 0.